The van der Waals surface area contributed by atoms with Crippen molar-refractivity contribution < 1.29 is 4.74 Å². The molecule has 2 nitrogen and oxygen atoms in total. The highest BCUT2D eigenvalue weighted by Gasteiger charge is 2.00. The molecule has 12 heavy (non-hydrogen) atoms. The van der Waals surface area contributed by atoms with Gasteiger partial charge in [0.1, 0.15) is 0 Å². The van der Waals surface area contributed by atoms with E-state index in [4.69, 9.17) is 4.74 Å². The summed E-state index contributed by atoms with van der Waals surface area (Å²) in [5.74, 6) is 0. The fourth-order valence-corrected chi connectivity index (χ4v) is 0.978. The number of hydrogen-bond donors (Lipinski definition) is 1. The van der Waals surface area contributed by atoms with Crippen LogP contribution < -0.4 is 5.32 Å². The van der Waals surface area contributed by atoms with Gasteiger partial charge in [-0.1, -0.05) is 20.8 Å². The van der Waals surface area contributed by atoms with Gasteiger partial charge < -0.3 is 10.1 Å². The van der Waals surface area contributed by atoms with Gasteiger partial charge in [0.2, 0.25) is 0 Å². The van der Waals surface area contributed by atoms with Crippen LogP contribution in [0.3, 0.4) is 0 Å². The molecule has 1 N–H and O–H groups in total. The van der Waals surface area contributed by atoms with Crippen molar-refractivity contribution in [3.63, 3.8) is 0 Å². The van der Waals surface area contributed by atoms with Crippen LogP contribution in [-0.4, -0.2) is 25.3 Å². The molecule has 0 aromatic heterocycles. The van der Waals surface area contributed by atoms with Gasteiger partial charge in [-0.15, -0.1) is 0 Å². The number of nitrogens with one attached hydrogen (secondary N) is 1. The molecular formula is C10H23NO. The van der Waals surface area contributed by atoms with Crippen molar-refractivity contribution >= 4 is 0 Å². The van der Waals surface area contributed by atoms with Crippen molar-refractivity contribution in [1.82, 2.24) is 5.32 Å². The fourth-order valence-electron chi connectivity index (χ4n) is 0.978. The van der Waals surface area contributed by atoms with E-state index in [1.165, 1.54) is 0 Å². The second-order valence-electron chi connectivity index (χ2n) is 3.58. The highest BCUT2D eigenvalue weighted by molar-refractivity contribution is 4.57. The highest BCUT2D eigenvalue weighted by atomic mass is 16.5. The normalized spacial score (nSPS) is 13.8. The van der Waals surface area contributed by atoms with E-state index < -0.39 is 0 Å². The SMILES string of the molecule is CCCOC(C)CCNC(C)C. The Balaban J connectivity index is 3.13. The minimum absolute atomic E-state index is 0.399. The van der Waals surface area contributed by atoms with Crippen LogP contribution in [-0.2, 0) is 4.74 Å². The second kappa shape index (κ2) is 7.56. The summed E-state index contributed by atoms with van der Waals surface area (Å²) in [7, 11) is 0. The Kier molecular flexibility index (Phi) is 7.51. The molecule has 1 atom stereocenters. The molecule has 0 amide bonds. The van der Waals surface area contributed by atoms with Gasteiger partial charge in [0.15, 0.2) is 0 Å². The third kappa shape index (κ3) is 8.02. The van der Waals surface area contributed by atoms with Gasteiger partial charge in [-0.3, -0.25) is 0 Å². The van der Waals surface area contributed by atoms with E-state index >= 15 is 0 Å². The molecule has 0 saturated carbocycles. The smallest absolute Gasteiger partial charge is 0.0559 e. The molecule has 0 aromatic carbocycles. The molecule has 0 aliphatic rings. The summed E-state index contributed by atoms with van der Waals surface area (Å²) in [6, 6.07) is 0.586. The van der Waals surface area contributed by atoms with E-state index in [0.29, 0.717) is 12.1 Å². The lowest BCUT2D eigenvalue weighted by molar-refractivity contribution is 0.0606. The molecule has 0 aliphatic heterocycles. The standard InChI is InChI=1S/C10H23NO/c1-5-8-12-10(4)6-7-11-9(2)3/h9-11H,5-8H2,1-4H3. The average Bonchev–Trinajstić information content (AvgIpc) is 2.00. The molecule has 1 unspecified atom stereocenters. The fraction of sp³-hybridized carbons (Fsp3) is 1.00. The van der Waals surface area contributed by atoms with Crippen LogP contribution in [0.2, 0.25) is 0 Å². The summed E-state index contributed by atoms with van der Waals surface area (Å²) in [4.78, 5) is 0. The van der Waals surface area contributed by atoms with Gasteiger partial charge in [-0.25, -0.2) is 0 Å². The van der Waals surface area contributed by atoms with E-state index in [0.717, 1.165) is 26.0 Å². The zero-order chi connectivity index (χ0) is 9.40. The minimum Gasteiger partial charge on any atom is -0.378 e. The summed E-state index contributed by atoms with van der Waals surface area (Å²) < 4.78 is 5.53. The predicted octanol–water partition coefficient (Wildman–Crippen LogP) is 2.19. The van der Waals surface area contributed by atoms with E-state index in [-0.39, 0.29) is 0 Å². The lowest BCUT2D eigenvalue weighted by Crippen LogP contribution is -2.26. The molecule has 0 fully saturated rings. The topological polar surface area (TPSA) is 21.3 Å². The van der Waals surface area contributed by atoms with Gasteiger partial charge in [-0.2, -0.15) is 0 Å². The Morgan fingerprint density at radius 2 is 1.92 bits per heavy atom. The molecule has 0 aliphatic carbocycles. The van der Waals surface area contributed by atoms with Crippen molar-refractivity contribution in [3.05, 3.63) is 0 Å². The summed E-state index contributed by atoms with van der Waals surface area (Å²) in [6.45, 7) is 10.6. The molecule has 2 heteroatoms. The summed E-state index contributed by atoms with van der Waals surface area (Å²) in [5, 5.41) is 3.37. The maximum Gasteiger partial charge on any atom is 0.0559 e. The van der Waals surface area contributed by atoms with Crippen LogP contribution in [0.25, 0.3) is 0 Å². The van der Waals surface area contributed by atoms with Crippen molar-refractivity contribution in [3.8, 4) is 0 Å². The molecular weight excluding hydrogens is 150 g/mol. The molecule has 0 rings (SSSR count). The van der Waals surface area contributed by atoms with Crippen LogP contribution in [0.15, 0.2) is 0 Å². The molecule has 0 bridgehead atoms. The Labute approximate surface area is 76.7 Å². The summed E-state index contributed by atoms with van der Waals surface area (Å²) >= 11 is 0. The third-order valence-corrected chi connectivity index (χ3v) is 1.71. The van der Waals surface area contributed by atoms with Crippen molar-refractivity contribution in [2.24, 2.45) is 0 Å². The maximum absolute atomic E-state index is 5.53. The number of ether oxygens (including phenoxy) is 1. The van der Waals surface area contributed by atoms with E-state index in [9.17, 15) is 0 Å². The van der Waals surface area contributed by atoms with Crippen LogP contribution in [0.4, 0.5) is 0 Å². The number of rotatable bonds is 7. The van der Waals surface area contributed by atoms with Crippen LogP contribution in [0.1, 0.15) is 40.5 Å². The number of hydrogen-bond acceptors (Lipinski definition) is 2. The lowest BCUT2D eigenvalue weighted by Gasteiger charge is -2.13. The van der Waals surface area contributed by atoms with Gasteiger partial charge >= 0.3 is 0 Å². The summed E-state index contributed by atoms with van der Waals surface area (Å²) in [6.07, 6.45) is 2.62. The molecule has 0 radical (unpaired) electrons. The first-order valence-electron chi connectivity index (χ1n) is 5.01. The molecule has 74 valence electrons. The molecule has 0 heterocycles. The first-order valence-corrected chi connectivity index (χ1v) is 5.01. The van der Waals surface area contributed by atoms with E-state index in [1.54, 1.807) is 0 Å². The Morgan fingerprint density at radius 3 is 2.42 bits per heavy atom. The van der Waals surface area contributed by atoms with Crippen LogP contribution >= 0.6 is 0 Å². The van der Waals surface area contributed by atoms with Crippen molar-refractivity contribution in [2.75, 3.05) is 13.2 Å². The maximum atomic E-state index is 5.53. The lowest BCUT2D eigenvalue weighted by atomic mass is 10.2. The quantitative estimate of drug-likeness (QED) is 0.637. The van der Waals surface area contributed by atoms with E-state index in [1.807, 2.05) is 0 Å². The van der Waals surface area contributed by atoms with Gasteiger partial charge in [0.25, 0.3) is 0 Å². The minimum atomic E-state index is 0.399. The predicted molar refractivity (Wildman–Crippen MR) is 53.5 cm³/mol. The largest absolute Gasteiger partial charge is 0.378 e. The molecule has 0 spiro atoms. The first-order chi connectivity index (χ1) is 5.66. The highest BCUT2D eigenvalue weighted by Crippen LogP contribution is 1.97. The Hall–Kier alpha value is -0.0800. The zero-order valence-electron chi connectivity index (χ0n) is 8.89. The van der Waals surface area contributed by atoms with Gasteiger partial charge in [0, 0.05) is 12.6 Å². The van der Waals surface area contributed by atoms with Crippen molar-refractivity contribution in [2.45, 2.75) is 52.7 Å². The first kappa shape index (κ1) is 11.9. The van der Waals surface area contributed by atoms with Crippen LogP contribution in [0, 0.1) is 0 Å². The molecule has 0 saturated heterocycles. The molecule has 0 aromatic rings. The van der Waals surface area contributed by atoms with Gasteiger partial charge in [-0.05, 0) is 26.3 Å². The van der Waals surface area contributed by atoms with E-state index in [2.05, 4.69) is 33.0 Å². The second-order valence-corrected chi connectivity index (χ2v) is 3.58. The Bertz CT molecular complexity index is 93.8. The van der Waals surface area contributed by atoms with Gasteiger partial charge in [0.05, 0.1) is 6.10 Å². The van der Waals surface area contributed by atoms with Crippen LogP contribution in [0.5, 0.6) is 0 Å². The van der Waals surface area contributed by atoms with Crippen molar-refractivity contribution in [1.29, 1.82) is 0 Å². The monoisotopic (exact) mass is 173 g/mol. The zero-order valence-corrected chi connectivity index (χ0v) is 8.89. The third-order valence-electron chi connectivity index (χ3n) is 1.71. The Morgan fingerprint density at radius 1 is 1.25 bits per heavy atom. The average molecular weight is 173 g/mol. The summed E-state index contributed by atoms with van der Waals surface area (Å²) in [5.41, 5.74) is 0.